The molecule has 0 saturated carbocycles. The molecular formula is C17H19N3O3S. The van der Waals surface area contributed by atoms with Gasteiger partial charge >= 0.3 is 0 Å². The Labute approximate surface area is 141 Å². The molecule has 1 aromatic carbocycles. The number of allylic oxidation sites excluding steroid dienone is 1. The van der Waals surface area contributed by atoms with Crippen molar-refractivity contribution in [3.63, 3.8) is 0 Å². The quantitative estimate of drug-likeness (QED) is 0.860. The fraction of sp³-hybridized carbons (Fsp3) is 0.294. The molecule has 3 rings (SSSR count). The van der Waals surface area contributed by atoms with Gasteiger partial charge in [0.2, 0.25) is 5.91 Å². The average molecular weight is 345 g/mol. The van der Waals surface area contributed by atoms with E-state index in [2.05, 4.69) is 10.4 Å². The number of aromatic nitrogens is 2. The maximum Gasteiger partial charge on any atom is 0.220 e. The van der Waals surface area contributed by atoms with Gasteiger partial charge in [-0.3, -0.25) is 4.79 Å². The first kappa shape index (κ1) is 16.4. The van der Waals surface area contributed by atoms with Crippen LogP contribution in [0, 0.1) is 5.92 Å². The van der Waals surface area contributed by atoms with Crippen molar-refractivity contribution in [2.24, 2.45) is 5.92 Å². The molecule has 1 aromatic heterocycles. The van der Waals surface area contributed by atoms with Crippen LogP contribution in [-0.4, -0.2) is 36.4 Å². The van der Waals surface area contributed by atoms with E-state index in [-0.39, 0.29) is 24.0 Å². The van der Waals surface area contributed by atoms with Crippen molar-refractivity contribution in [1.29, 1.82) is 0 Å². The highest BCUT2D eigenvalue weighted by Crippen LogP contribution is 2.17. The lowest BCUT2D eigenvalue weighted by Gasteiger charge is -2.07. The second-order valence-electron chi connectivity index (χ2n) is 5.85. The van der Waals surface area contributed by atoms with Crippen molar-refractivity contribution in [2.45, 2.75) is 12.8 Å². The van der Waals surface area contributed by atoms with Gasteiger partial charge in [-0.05, 0) is 24.1 Å². The number of nitrogens with zero attached hydrogens (tertiary/aromatic N) is 2. The molecule has 1 aliphatic heterocycles. The zero-order chi connectivity index (χ0) is 17.0. The van der Waals surface area contributed by atoms with Crippen molar-refractivity contribution in [2.75, 3.05) is 12.3 Å². The van der Waals surface area contributed by atoms with Gasteiger partial charge in [-0.2, -0.15) is 5.10 Å². The molecule has 126 valence electrons. The third-order valence-electron chi connectivity index (χ3n) is 3.84. The lowest BCUT2D eigenvalue weighted by Crippen LogP contribution is -2.27. The molecule has 2 aromatic rings. The minimum Gasteiger partial charge on any atom is -0.356 e. The zero-order valence-corrected chi connectivity index (χ0v) is 13.9. The number of hydrogen-bond acceptors (Lipinski definition) is 4. The van der Waals surface area contributed by atoms with E-state index in [1.165, 1.54) is 5.41 Å². The molecule has 0 radical (unpaired) electrons. The van der Waals surface area contributed by atoms with E-state index in [0.717, 1.165) is 11.3 Å². The van der Waals surface area contributed by atoms with Crippen LogP contribution < -0.4 is 5.32 Å². The Morgan fingerprint density at radius 2 is 2.08 bits per heavy atom. The number of sulfone groups is 1. The molecule has 0 saturated heterocycles. The summed E-state index contributed by atoms with van der Waals surface area (Å²) in [6.45, 7) is 0.502. The van der Waals surface area contributed by atoms with Crippen LogP contribution in [0.4, 0.5) is 0 Å². The largest absolute Gasteiger partial charge is 0.356 e. The van der Waals surface area contributed by atoms with E-state index in [0.29, 0.717) is 13.0 Å². The summed E-state index contributed by atoms with van der Waals surface area (Å²) in [7, 11) is -3.10. The van der Waals surface area contributed by atoms with Gasteiger partial charge < -0.3 is 5.32 Å². The second kappa shape index (κ2) is 7.00. The lowest BCUT2D eigenvalue weighted by molar-refractivity contribution is -0.121. The highest BCUT2D eigenvalue weighted by molar-refractivity contribution is 7.94. The number of carbonyl (C=O) groups is 1. The summed E-state index contributed by atoms with van der Waals surface area (Å²) in [5.41, 5.74) is 2.02. The van der Waals surface area contributed by atoms with Crippen molar-refractivity contribution >= 4 is 15.7 Å². The van der Waals surface area contributed by atoms with Gasteiger partial charge in [0.25, 0.3) is 0 Å². The Bertz CT molecular complexity index is 841. The van der Waals surface area contributed by atoms with Gasteiger partial charge in [-0.25, -0.2) is 13.1 Å². The predicted molar refractivity (Wildman–Crippen MR) is 91.3 cm³/mol. The molecule has 0 bridgehead atoms. The fourth-order valence-corrected chi connectivity index (χ4v) is 4.03. The van der Waals surface area contributed by atoms with Gasteiger partial charge in [0.05, 0.1) is 17.6 Å². The fourth-order valence-electron chi connectivity index (χ4n) is 2.63. The smallest absolute Gasteiger partial charge is 0.220 e. The lowest BCUT2D eigenvalue weighted by atomic mass is 10.1. The Morgan fingerprint density at radius 3 is 2.79 bits per heavy atom. The molecule has 0 spiro atoms. The van der Waals surface area contributed by atoms with E-state index in [1.54, 1.807) is 17.0 Å². The molecule has 6 nitrogen and oxygen atoms in total. The van der Waals surface area contributed by atoms with Crippen molar-refractivity contribution in [3.8, 4) is 5.69 Å². The van der Waals surface area contributed by atoms with Crippen LogP contribution in [0.2, 0.25) is 0 Å². The first-order valence-corrected chi connectivity index (χ1v) is 9.50. The molecule has 0 unspecified atom stereocenters. The van der Waals surface area contributed by atoms with Crippen LogP contribution in [0.1, 0.15) is 12.0 Å². The number of nitrogens with one attached hydrogen (secondary N) is 1. The summed E-state index contributed by atoms with van der Waals surface area (Å²) in [5.74, 6) is -0.308. The van der Waals surface area contributed by atoms with Gasteiger partial charge in [0.1, 0.15) is 0 Å². The highest BCUT2D eigenvalue weighted by atomic mass is 32.2. The summed E-state index contributed by atoms with van der Waals surface area (Å²) >= 11 is 0. The number of benzene rings is 1. The van der Waals surface area contributed by atoms with E-state index in [1.807, 2.05) is 36.5 Å². The van der Waals surface area contributed by atoms with Gasteiger partial charge in [0.15, 0.2) is 9.84 Å². The van der Waals surface area contributed by atoms with E-state index in [9.17, 15) is 13.2 Å². The first-order valence-electron chi connectivity index (χ1n) is 7.78. The molecule has 1 N–H and O–H groups in total. The van der Waals surface area contributed by atoms with Crippen LogP contribution in [0.15, 0.2) is 54.2 Å². The van der Waals surface area contributed by atoms with Crippen LogP contribution >= 0.6 is 0 Å². The van der Waals surface area contributed by atoms with Crippen molar-refractivity contribution in [3.05, 3.63) is 59.8 Å². The highest BCUT2D eigenvalue weighted by Gasteiger charge is 2.23. The molecule has 7 heteroatoms. The summed E-state index contributed by atoms with van der Waals surface area (Å²) in [4.78, 5) is 11.9. The van der Waals surface area contributed by atoms with Gasteiger partial charge in [-0.15, -0.1) is 0 Å². The Balaban J connectivity index is 1.44. The topological polar surface area (TPSA) is 81.1 Å². The Kier molecular flexibility index (Phi) is 4.80. The minimum absolute atomic E-state index is 0.0320. The maximum absolute atomic E-state index is 11.9. The second-order valence-corrected chi connectivity index (χ2v) is 7.78. The van der Waals surface area contributed by atoms with Crippen molar-refractivity contribution in [1.82, 2.24) is 15.1 Å². The normalized spacial score (nSPS) is 18.6. The molecule has 24 heavy (non-hydrogen) atoms. The maximum atomic E-state index is 11.9. The summed E-state index contributed by atoms with van der Waals surface area (Å²) < 4.78 is 24.4. The molecule has 1 atom stereocenters. The molecule has 0 fully saturated rings. The molecular weight excluding hydrogens is 326 g/mol. The van der Waals surface area contributed by atoms with Crippen LogP contribution in [0.5, 0.6) is 0 Å². The molecule has 0 aliphatic carbocycles. The third kappa shape index (κ3) is 4.32. The predicted octanol–water partition coefficient (Wildman–Crippen LogP) is 1.48. The molecule has 1 amide bonds. The summed E-state index contributed by atoms with van der Waals surface area (Å²) in [6, 6.07) is 9.81. The third-order valence-corrected chi connectivity index (χ3v) is 5.31. The van der Waals surface area contributed by atoms with Crippen LogP contribution in [-0.2, 0) is 21.1 Å². The SMILES string of the molecule is O=C(C[C@H]1C=CS(=O)(=O)C1)NCCc1cnn(-c2ccccc2)c1. The molecule has 1 aliphatic rings. The van der Waals surface area contributed by atoms with Crippen LogP contribution in [0.25, 0.3) is 5.69 Å². The number of hydrogen-bond donors (Lipinski definition) is 1. The first-order chi connectivity index (χ1) is 11.5. The Morgan fingerprint density at radius 1 is 1.29 bits per heavy atom. The van der Waals surface area contributed by atoms with Crippen LogP contribution in [0.3, 0.4) is 0 Å². The van der Waals surface area contributed by atoms with Crippen molar-refractivity contribution < 1.29 is 13.2 Å². The molecule has 2 heterocycles. The Hall–Kier alpha value is -2.41. The monoisotopic (exact) mass is 345 g/mol. The summed E-state index contributed by atoms with van der Waals surface area (Å²) in [6.07, 6.45) is 6.20. The number of amides is 1. The minimum atomic E-state index is -3.10. The van der Waals surface area contributed by atoms with Gasteiger partial charge in [-0.1, -0.05) is 24.3 Å². The zero-order valence-electron chi connectivity index (χ0n) is 13.1. The standard InChI is InChI=1S/C17H19N3O3S/c21-17(10-14-7-9-24(22,23)13-14)18-8-6-15-11-19-20(12-15)16-4-2-1-3-5-16/h1-5,7,9,11-12,14H,6,8,10,13H2,(H,18,21)/t14-/m1/s1. The van der Waals surface area contributed by atoms with E-state index < -0.39 is 9.84 Å². The van der Waals surface area contributed by atoms with E-state index in [4.69, 9.17) is 0 Å². The van der Waals surface area contributed by atoms with Gasteiger partial charge in [0, 0.05) is 30.5 Å². The van der Waals surface area contributed by atoms with E-state index >= 15 is 0 Å². The number of carbonyl (C=O) groups excluding carboxylic acids is 1. The summed E-state index contributed by atoms with van der Waals surface area (Å²) in [5, 5.41) is 8.34. The number of para-hydroxylation sites is 1. The number of rotatable bonds is 6. The average Bonchev–Trinajstić information content (AvgIpc) is 3.15.